The molecule has 0 aliphatic heterocycles. The zero-order valence-corrected chi connectivity index (χ0v) is 15.1. The van der Waals surface area contributed by atoms with Crippen LogP contribution in [0.4, 0.5) is 5.13 Å². The molecule has 0 unspecified atom stereocenters. The summed E-state index contributed by atoms with van der Waals surface area (Å²) in [5, 5.41) is 13.7. The van der Waals surface area contributed by atoms with Crippen LogP contribution in [0.5, 0.6) is 0 Å². The predicted molar refractivity (Wildman–Crippen MR) is 95.0 cm³/mol. The second-order valence-corrected chi connectivity index (χ2v) is 9.94. The average molecular weight is 346 g/mol. The molecule has 1 amide bonds. The maximum absolute atomic E-state index is 13.1. The minimum atomic E-state index is -0.0918. The van der Waals surface area contributed by atoms with Crippen molar-refractivity contribution < 1.29 is 4.79 Å². The number of rotatable bonds is 3. The Bertz CT molecular complexity index is 599. The van der Waals surface area contributed by atoms with Gasteiger partial charge in [0.15, 0.2) is 0 Å². The summed E-state index contributed by atoms with van der Waals surface area (Å²) in [7, 11) is 0. The molecule has 1 N–H and O–H groups in total. The van der Waals surface area contributed by atoms with Gasteiger partial charge in [0.05, 0.1) is 5.41 Å². The second kappa shape index (κ2) is 5.79. The molecule has 5 aliphatic rings. The van der Waals surface area contributed by atoms with E-state index in [4.69, 9.17) is 0 Å². The van der Waals surface area contributed by atoms with Crippen LogP contribution in [0.1, 0.15) is 81.6 Å². The van der Waals surface area contributed by atoms with Crippen LogP contribution in [0, 0.1) is 23.2 Å². The molecule has 24 heavy (non-hydrogen) atoms. The smallest absolute Gasteiger partial charge is 0.232 e. The zero-order valence-electron chi connectivity index (χ0n) is 14.3. The molecular formula is C19H27N3OS. The van der Waals surface area contributed by atoms with Crippen LogP contribution in [-0.2, 0) is 4.79 Å². The van der Waals surface area contributed by atoms with Gasteiger partial charge >= 0.3 is 0 Å². The van der Waals surface area contributed by atoms with E-state index >= 15 is 0 Å². The van der Waals surface area contributed by atoms with Crippen LogP contribution < -0.4 is 5.32 Å². The van der Waals surface area contributed by atoms with Crippen molar-refractivity contribution in [2.75, 3.05) is 5.32 Å². The van der Waals surface area contributed by atoms with E-state index in [1.54, 1.807) is 11.3 Å². The fraction of sp³-hybridized carbons (Fsp3) is 0.842. The zero-order chi connectivity index (χ0) is 16.1. The third-order valence-electron chi connectivity index (χ3n) is 7.14. The number of carbonyl (C=O) groups excluding carboxylic acids is 1. The summed E-state index contributed by atoms with van der Waals surface area (Å²) >= 11 is 1.62. The lowest BCUT2D eigenvalue weighted by atomic mass is 9.49. The van der Waals surface area contributed by atoms with Crippen molar-refractivity contribution in [1.82, 2.24) is 10.2 Å². The summed E-state index contributed by atoms with van der Waals surface area (Å²) in [5.41, 5.74) is -0.0918. The van der Waals surface area contributed by atoms with Gasteiger partial charge < -0.3 is 5.32 Å². The molecule has 0 saturated heterocycles. The molecule has 0 aromatic carbocycles. The summed E-state index contributed by atoms with van der Waals surface area (Å²) in [4.78, 5) is 13.1. The Labute approximate surface area is 147 Å². The SMILES string of the molecule is O=C(Nc1nnc(C2CCCCC2)s1)C12CC3CC(CC(C3)C1)C2. The minimum absolute atomic E-state index is 0.0918. The monoisotopic (exact) mass is 345 g/mol. The van der Waals surface area contributed by atoms with Crippen molar-refractivity contribution in [2.45, 2.75) is 76.5 Å². The highest BCUT2D eigenvalue weighted by atomic mass is 32.1. The molecular weight excluding hydrogens is 318 g/mol. The fourth-order valence-electron chi connectivity index (χ4n) is 6.42. The van der Waals surface area contributed by atoms with Crippen molar-refractivity contribution in [2.24, 2.45) is 23.2 Å². The van der Waals surface area contributed by atoms with E-state index in [1.165, 1.54) is 51.4 Å². The van der Waals surface area contributed by atoms with Crippen molar-refractivity contribution in [3.63, 3.8) is 0 Å². The number of nitrogens with one attached hydrogen (secondary N) is 1. The first-order valence-corrected chi connectivity index (χ1v) is 10.7. The quantitative estimate of drug-likeness (QED) is 0.861. The largest absolute Gasteiger partial charge is 0.300 e. The number of nitrogens with zero attached hydrogens (tertiary/aromatic N) is 2. The van der Waals surface area contributed by atoms with Gasteiger partial charge in [-0.1, -0.05) is 30.6 Å². The summed E-state index contributed by atoms with van der Waals surface area (Å²) in [6, 6.07) is 0. The molecule has 4 bridgehead atoms. The van der Waals surface area contributed by atoms with Crippen LogP contribution in [0.2, 0.25) is 0 Å². The van der Waals surface area contributed by atoms with Crippen LogP contribution in [0.25, 0.3) is 0 Å². The molecule has 6 rings (SSSR count). The van der Waals surface area contributed by atoms with Crippen molar-refractivity contribution in [3.05, 3.63) is 5.01 Å². The molecule has 5 heteroatoms. The van der Waals surface area contributed by atoms with E-state index in [2.05, 4.69) is 15.5 Å². The summed E-state index contributed by atoms with van der Waals surface area (Å²) in [5.74, 6) is 3.21. The van der Waals surface area contributed by atoms with Gasteiger partial charge in [0.2, 0.25) is 11.0 Å². The first-order chi connectivity index (χ1) is 11.7. The first kappa shape index (κ1) is 15.3. The molecule has 4 nitrogen and oxygen atoms in total. The maximum Gasteiger partial charge on any atom is 0.232 e. The Kier molecular flexibility index (Phi) is 3.69. The van der Waals surface area contributed by atoms with Gasteiger partial charge in [0, 0.05) is 5.92 Å². The second-order valence-electron chi connectivity index (χ2n) is 8.93. The lowest BCUT2D eigenvalue weighted by Crippen LogP contribution is -2.51. The van der Waals surface area contributed by atoms with E-state index in [0.29, 0.717) is 5.92 Å². The number of hydrogen-bond donors (Lipinski definition) is 1. The number of amides is 1. The molecule has 5 aliphatic carbocycles. The fourth-order valence-corrected chi connectivity index (χ4v) is 7.33. The number of anilines is 1. The molecule has 0 spiro atoms. The summed E-state index contributed by atoms with van der Waals surface area (Å²) in [6.07, 6.45) is 13.9. The summed E-state index contributed by atoms with van der Waals surface area (Å²) in [6.45, 7) is 0. The van der Waals surface area contributed by atoms with Gasteiger partial charge in [-0.25, -0.2) is 0 Å². The van der Waals surface area contributed by atoms with Crippen LogP contribution in [0.3, 0.4) is 0 Å². The van der Waals surface area contributed by atoms with Gasteiger partial charge in [-0.3, -0.25) is 4.79 Å². The molecule has 5 fully saturated rings. The molecule has 1 heterocycles. The van der Waals surface area contributed by atoms with Gasteiger partial charge in [0.25, 0.3) is 0 Å². The van der Waals surface area contributed by atoms with Crippen LogP contribution in [0.15, 0.2) is 0 Å². The van der Waals surface area contributed by atoms with Crippen molar-refractivity contribution in [1.29, 1.82) is 0 Å². The average Bonchev–Trinajstić information content (AvgIpc) is 3.03. The molecule has 5 saturated carbocycles. The van der Waals surface area contributed by atoms with E-state index in [-0.39, 0.29) is 11.3 Å². The Balaban J connectivity index is 1.29. The molecule has 130 valence electrons. The van der Waals surface area contributed by atoms with Gasteiger partial charge in [-0.05, 0) is 69.1 Å². The highest BCUT2D eigenvalue weighted by molar-refractivity contribution is 7.15. The minimum Gasteiger partial charge on any atom is -0.300 e. The lowest BCUT2D eigenvalue weighted by molar-refractivity contribution is -0.140. The van der Waals surface area contributed by atoms with Crippen molar-refractivity contribution in [3.8, 4) is 0 Å². The topological polar surface area (TPSA) is 54.9 Å². The standard InChI is InChI=1S/C19H27N3OS/c23-17(19-9-12-6-13(10-19)8-14(7-12)11-19)20-18-22-21-16(24-18)15-4-2-1-3-5-15/h12-15H,1-11H2,(H,20,22,23). The first-order valence-electron chi connectivity index (χ1n) is 9.85. The highest BCUT2D eigenvalue weighted by Crippen LogP contribution is 2.60. The Morgan fingerprint density at radius 2 is 1.58 bits per heavy atom. The number of aromatic nitrogens is 2. The number of carbonyl (C=O) groups is 1. The third kappa shape index (κ3) is 2.59. The lowest BCUT2D eigenvalue weighted by Gasteiger charge is -2.55. The van der Waals surface area contributed by atoms with E-state index < -0.39 is 0 Å². The van der Waals surface area contributed by atoms with Crippen LogP contribution >= 0.6 is 11.3 Å². The van der Waals surface area contributed by atoms with Gasteiger partial charge in [-0.15, -0.1) is 10.2 Å². The Hall–Kier alpha value is -0.970. The van der Waals surface area contributed by atoms with Gasteiger partial charge in [0.1, 0.15) is 5.01 Å². The summed E-state index contributed by atoms with van der Waals surface area (Å²) < 4.78 is 0. The van der Waals surface area contributed by atoms with E-state index in [0.717, 1.165) is 47.2 Å². The van der Waals surface area contributed by atoms with Crippen LogP contribution in [-0.4, -0.2) is 16.1 Å². The third-order valence-corrected chi connectivity index (χ3v) is 8.14. The number of hydrogen-bond acceptors (Lipinski definition) is 4. The Morgan fingerprint density at radius 3 is 2.21 bits per heavy atom. The normalized spacial score (nSPS) is 38.4. The van der Waals surface area contributed by atoms with Gasteiger partial charge in [-0.2, -0.15) is 0 Å². The highest BCUT2D eigenvalue weighted by Gasteiger charge is 2.54. The van der Waals surface area contributed by atoms with Crippen molar-refractivity contribution >= 4 is 22.4 Å². The molecule has 0 atom stereocenters. The molecule has 1 aromatic rings. The Morgan fingerprint density at radius 1 is 0.958 bits per heavy atom. The molecule has 0 radical (unpaired) electrons. The maximum atomic E-state index is 13.1. The molecule has 1 aromatic heterocycles. The van der Waals surface area contributed by atoms with E-state index in [9.17, 15) is 4.79 Å². The predicted octanol–water partition coefficient (Wildman–Crippen LogP) is 4.74. The van der Waals surface area contributed by atoms with E-state index in [1.807, 2.05) is 0 Å².